The zero-order valence-electron chi connectivity index (χ0n) is 11.7. The fourth-order valence-electron chi connectivity index (χ4n) is 2.26. The van der Waals surface area contributed by atoms with Gasteiger partial charge in [-0.2, -0.15) is 5.26 Å². The van der Waals surface area contributed by atoms with Gasteiger partial charge in [0.2, 0.25) is 0 Å². The van der Waals surface area contributed by atoms with E-state index in [1.165, 1.54) is 16.8 Å². The van der Waals surface area contributed by atoms with Crippen molar-refractivity contribution >= 4 is 0 Å². The van der Waals surface area contributed by atoms with Crippen LogP contribution >= 0.6 is 0 Å². The summed E-state index contributed by atoms with van der Waals surface area (Å²) in [6.45, 7) is 5.21. The van der Waals surface area contributed by atoms with Crippen LogP contribution in [0.2, 0.25) is 0 Å². The summed E-state index contributed by atoms with van der Waals surface area (Å²) in [5.41, 5.74) is 4.58. The smallest absolute Gasteiger partial charge is 0.120 e. The van der Waals surface area contributed by atoms with Crippen LogP contribution in [0.5, 0.6) is 0 Å². The molecule has 0 fully saturated rings. The third kappa shape index (κ3) is 3.26. The zero-order chi connectivity index (χ0) is 13.7. The van der Waals surface area contributed by atoms with Crippen LogP contribution in [0.25, 0.3) is 0 Å². The summed E-state index contributed by atoms with van der Waals surface area (Å²) >= 11 is 0. The molecule has 0 aliphatic heterocycles. The number of nitriles is 1. The predicted molar refractivity (Wildman–Crippen MR) is 78.0 cm³/mol. The first-order chi connectivity index (χ1) is 9.24. The van der Waals surface area contributed by atoms with Gasteiger partial charge in [-0.05, 0) is 31.0 Å². The van der Waals surface area contributed by atoms with E-state index >= 15 is 0 Å². The Morgan fingerprint density at radius 3 is 2.47 bits per heavy atom. The van der Waals surface area contributed by atoms with Gasteiger partial charge in [0, 0.05) is 18.7 Å². The van der Waals surface area contributed by atoms with Crippen LogP contribution in [0.15, 0.2) is 36.4 Å². The second-order valence-electron chi connectivity index (χ2n) is 4.99. The standard InChI is InChI=1S/C17H20N2/c1-3-4-11-19-16(9-10-17(19)13-18)12-15-7-5-14(2)6-8-15/h5-10H,3-4,11-12H2,1-2H3. The van der Waals surface area contributed by atoms with Crippen LogP contribution in [0, 0.1) is 18.3 Å². The highest BCUT2D eigenvalue weighted by Gasteiger charge is 2.08. The maximum Gasteiger partial charge on any atom is 0.120 e. The number of unbranched alkanes of at least 4 members (excludes halogenated alkanes) is 1. The van der Waals surface area contributed by atoms with Crippen LogP contribution in [-0.2, 0) is 13.0 Å². The third-order valence-corrected chi connectivity index (χ3v) is 3.43. The fourth-order valence-corrected chi connectivity index (χ4v) is 2.26. The number of nitrogens with zero attached hydrogens (tertiary/aromatic N) is 2. The molecule has 2 nitrogen and oxygen atoms in total. The molecule has 1 heterocycles. The Hall–Kier alpha value is -2.01. The van der Waals surface area contributed by atoms with E-state index in [1.54, 1.807) is 0 Å². The Balaban J connectivity index is 2.22. The van der Waals surface area contributed by atoms with E-state index in [4.69, 9.17) is 5.26 Å². The van der Waals surface area contributed by atoms with Gasteiger partial charge < -0.3 is 4.57 Å². The van der Waals surface area contributed by atoms with Gasteiger partial charge in [0.1, 0.15) is 11.8 Å². The molecule has 0 aliphatic rings. The minimum absolute atomic E-state index is 0.774. The Bertz CT molecular complexity index is 570. The van der Waals surface area contributed by atoms with Crippen molar-refractivity contribution in [3.05, 3.63) is 58.9 Å². The molecule has 0 amide bonds. The average molecular weight is 252 g/mol. The zero-order valence-corrected chi connectivity index (χ0v) is 11.7. The van der Waals surface area contributed by atoms with Gasteiger partial charge in [-0.25, -0.2) is 0 Å². The molecule has 0 radical (unpaired) electrons. The van der Waals surface area contributed by atoms with Crippen LogP contribution in [0.4, 0.5) is 0 Å². The Kier molecular flexibility index (Phi) is 4.41. The molecule has 0 saturated carbocycles. The monoisotopic (exact) mass is 252 g/mol. The summed E-state index contributed by atoms with van der Waals surface area (Å²) in [6.07, 6.45) is 3.16. The maximum absolute atomic E-state index is 9.16. The first-order valence-corrected chi connectivity index (χ1v) is 6.88. The van der Waals surface area contributed by atoms with Crippen LogP contribution in [0.3, 0.4) is 0 Å². The molecule has 19 heavy (non-hydrogen) atoms. The lowest BCUT2D eigenvalue weighted by atomic mass is 10.1. The van der Waals surface area contributed by atoms with Gasteiger partial charge in [0.05, 0.1) is 0 Å². The van der Waals surface area contributed by atoms with Gasteiger partial charge in [0.25, 0.3) is 0 Å². The highest BCUT2D eigenvalue weighted by Crippen LogP contribution is 2.15. The summed E-state index contributed by atoms with van der Waals surface area (Å²) in [4.78, 5) is 0. The highest BCUT2D eigenvalue weighted by atomic mass is 15.0. The van der Waals surface area contributed by atoms with Crippen molar-refractivity contribution in [2.75, 3.05) is 0 Å². The minimum atomic E-state index is 0.774. The SMILES string of the molecule is CCCCn1c(C#N)ccc1Cc1ccc(C)cc1. The van der Waals surface area contributed by atoms with E-state index < -0.39 is 0 Å². The molecule has 2 heteroatoms. The van der Waals surface area contributed by atoms with Crippen LogP contribution in [0.1, 0.15) is 42.3 Å². The predicted octanol–water partition coefficient (Wildman–Crippen LogP) is 4.06. The van der Waals surface area contributed by atoms with Crippen molar-refractivity contribution in [1.82, 2.24) is 4.57 Å². The summed E-state index contributed by atoms with van der Waals surface area (Å²) in [6, 6.07) is 14.9. The largest absolute Gasteiger partial charge is 0.336 e. The van der Waals surface area contributed by atoms with E-state index in [0.29, 0.717) is 0 Å². The number of hydrogen-bond donors (Lipinski definition) is 0. The lowest BCUT2D eigenvalue weighted by Crippen LogP contribution is -2.06. The summed E-state index contributed by atoms with van der Waals surface area (Å²) in [5, 5.41) is 9.16. The first kappa shape index (κ1) is 13.4. The van der Waals surface area contributed by atoms with Gasteiger partial charge in [-0.3, -0.25) is 0 Å². The first-order valence-electron chi connectivity index (χ1n) is 6.88. The number of aryl methyl sites for hydroxylation is 1. The molecule has 0 saturated heterocycles. The molecule has 1 aromatic carbocycles. The summed E-state index contributed by atoms with van der Waals surface area (Å²) < 4.78 is 2.16. The molecule has 2 aromatic rings. The molecule has 1 aromatic heterocycles. The summed E-state index contributed by atoms with van der Waals surface area (Å²) in [5.74, 6) is 0. The lowest BCUT2D eigenvalue weighted by Gasteiger charge is -2.10. The number of rotatable bonds is 5. The summed E-state index contributed by atoms with van der Waals surface area (Å²) in [7, 11) is 0. The normalized spacial score (nSPS) is 10.4. The van der Waals surface area contributed by atoms with Crippen molar-refractivity contribution < 1.29 is 0 Å². The molecule has 0 bridgehead atoms. The van der Waals surface area contributed by atoms with E-state index in [2.05, 4.69) is 54.8 Å². The van der Waals surface area contributed by atoms with Gasteiger partial charge in [0.15, 0.2) is 0 Å². The van der Waals surface area contributed by atoms with Gasteiger partial charge in [-0.1, -0.05) is 43.2 Å². The topological polar surface area (TPSA) is 28.7 Å². The van der Waals surface area contributed by atoms with E-state index in [-0.39, 0.29) is 0 Å². The molecule has 0 unspecified atom stereocenters. The molecule has 0 aliphatic carbocycles. The molecular weight excluding hydrogens is 232 g/mol. The van der Waals surface area contributed by atoms with Gasteiger partial charge in [-0.15, -0.1) is 0 Å². The Morgan fingerprint density at radius 1 is 1.11 bits per heavy atom. The number of aromatic nitrogens is 1. The van der Waals surface area contributed by atoms with Gasteiger partial charge >= 0.3 is 0 Å². The quantitative estimate of drug-likeness (QED) is 0.789. The van der Waals surface area contributed by atoms with E-state index in [1.807, 2.05) is 6.07 Å². The second kappa shape index (κ2) is 6.24. The fraction of sp³-hybridized carbons (Fsp3) is 0.353. The Morgan fingerprint density at radius 2 is 1.84 bits per heavy atom. The van der Waals surface area contributed by atoms with Crippen molar-refractivity contribution in [2.45, 2.75) is 39.7 Å². The lowest BCUT2D eigenvalue weighted by molar-refractivity contribution is 0.610. The van der Waals surface area contributed by atoms with Crippen molar-refractivity contribution in [1.29, 1.82) is 5.26 Å². The molecular formula is C17H20N2. The van der Waals surface area contributed by atoms with Crippen molar-refractivity contribution in [3.63, 3.8) is 0 Å². The second-order valence-corrected chi connectivity index (χ2v) is 4.99. The molecule has 0 atom stereocenters. The number of benzene rings is 1. The third-order valence-electron chi connectivity index (χ3n) is 3.43. The van der Waals surface area contributed by atoms with Crippen molar-refractivity contribution in [2.24, 2.45) is 0 Å². The van der Waals surface area contributed by atoms with Crippen LogP contribution < -0.4 is 0 Å². The molecule has 0 spiro atoms. The van der Waals surface area contributed by atoms with E-state index in [9.17, 15) is 0 Å². The maximum atomic E-state index is 9.16. The molecule has 98 valence electrons. The van der Waals surface area contributed by atoms with Crippen LogP contribution in [-0.4, -0.2) is 4.57 Å². The van der Waals surface area contributed by atoms with E-state index in [0.717, 1.165) is 31.5 Å². The van der Waals surface area contributed by atoms with Crippen molar-refractivity contribution in [3.8, 4) is 6.07 Å². The molecule has 0 N–H and O–H groups in total. The highest BCUT2D eigenvalue weighted by molar-refractivity contribution is 5.31. The molecule has 2 rings (SSSR count). The number of hydrogen-bond acceptors (Lipinski definition) is 1. The average Bonchev–Trinajstić information content (AvgIpc) is 2.81. The minimum Gasteiger partial charge on any atom is -0.336 e. The Labute approximate surface area is 115 Å².